The molecule has 0 radical (unpaired) electrons. The summed E-state index contributed by atoms with van der Waals surface area (Å²) in [6, 6.07) is 5.84. The molecule has 0 aromatic heterocycles. The molecule has 0 heterocycles. The summed E-state index contributed by atoms with van der Waals surface area (Å²) in [5.41, 5.74) is 0. The lowest BCUT2D eigenvalue weighted by Crippen LogP contribution is -2.34. The van der Waals surface area contributed by atoms with Gasteiger partial charge in [-0.1, -0.05) is 25.4 Å². The number of ether oxygens (including phenoxy) is 1. The first-order valence-electron chi connectivity index (χ1n) is 6.59. The Morgan fingerprint density at radius 1 is 1.29 bits per heavy atom. The number of rotatable bonds is 7. The highest BCUT2D eigenvalue weighted by molar-refractivity contribution is 7.89. The Kier molecular flexibility index (Phi) is 6.64. The van der Waals surface area contributed by atoms with Crippen molar-refractivity contribution in [2.45, 2.75) is 25.2 Å². The zero-order valence-corrected chi connectivity index (χ0v) is 13.9. The molecule has 0 saturated heterocycles. The van der Waals surface area contributed by atoms with Gasteiger partial charge in [0.1, 0.15) is 0 Å². The molecule has 7 heteroatoms. The van der Waals surface area contributed by atoms with Crippen LogP contribution in [-0.4, -0.2) is 28.0 Å². The van der Waals surface area contributed by atoms with Crippen molar-refractivity contribution < 1.29 is 17.9 Å². The summed E-state index contributed by atoms with van der Waals surface area (Å²) in [6.07, 6.45) is 0.551. The molecule has 0 fully saturated rings. The summed E-state index contributed by atoms with van der Waals surface area (Å²) in [5, 5.41) is 0.459. The van der Waals surface area contributed by atoms with E-state index in [-0.39, 0.29) is 17.4 Å². The van der Waals surface area contributed by atoms with Crippen molar-refractivity contribution >= 4 is 27.6 Å². The van der Waals surface area contributed by atoms with Crippen molar-refractivity contribution in [1.82, 2.24) is 4.72 Å². The number of benzene rings is 1. The SMILES string of the molecule is COC(=O)C(CNS(=O)(=O)c1ccc(Cl)cc1)CC(C)C. The number of hydrogen-bond acceptors (Lipinski definition) is 4. The van der Waals surface area contributed by atoms with Gasteiger partial charge in [0.2, 0.25) is 10.0 Å². The minimum absolute atomic E-state index is 0.00974. The number of sulfonamides is 1. The summed E-state index contributed by atoms with van der Waals surface area (Å²) in [6.45, 7) is 3.93. The number of halogens is 1. The number of hydrogen-bond donors (Lipinski definition) is 1. The average molecular weight is 334 g/mol. The quantitative estimate of drug-likeness (QED) is 0.778. The van der Waals surface area contributed by atoms with Crippen LogP contribution >= 0.6 is 11.6 Å². The van der Waals surface area contributed by atoms with Crippen LogP contribution in [0.15, 0.2) is 29.2 Å². The van der Waals surface area contributed by atoms with E-state index in [0.29, 0.717) is 11.4 Å². The first-order valence-corrected chi connectivity index (χ1v) is 8.45. The molecule has 0 aliphatic carbocycles. The molecule has 0 aliphatic rings. The summed E-state index contributed by atoms with van der Waals surface area (Å²) in [4.78, 5) is 11.8. The molecule has 0 spiro atoms. The first-order chi connectivity index (χ1) is 9.76. The van der Waals surface area contributed by atoms with Crippen LogP contribution in [-0.2, 0) is 19.6 Å². The van der Waals surface area contributed by atoms with E-state index in [9.17, 15) is 13.2 Å². The Morgan fingerprint density at radius 2 is 1.86 bits per heavy atom. The Morgan fingerprint density at radius 3 is 2.33 bits per heavy atom. The molecule has 1 aromatic carbocycles. The second-order valence-electron chi connectivity index (χ2n) is 5.16. The number of carbonyl (C=O) groups is 1. The predicted octanol–water partition coefficient (Wildman–Crippen LogP) is 2.45. The summed E-state index contributed by atoms with van der Waals surface area (Å²) in [7, 11) is -2.37. The molecule has 1 rings (SSSR count). The van der Waals surface area contributed by atoms with Gasteiger partial charge in [-0.3, -0.25) is 4.79 Å². The van der Waals surface area contributed by atoms with Crippen LogP contribution in [0.3, 0.4) is 0 Å². The molecule has 0 bridgehead atoms. The second kappa shape index (κ2) is 7.77. The molecule has 118 valence electrons. The van der Waals surface area contributed by atoms with Crippen molar-refractivity contribution in [2.24, 2.45) is 11.8 Å². The van der Waals surface area contributed by atoms with Crippen LogP contribution in [0, 0.1) is 11.8 Å². The number of methoxy groups -OCH3 is 1. The lowest BCUT2D eigenvalue weighted by Gasteiger charge is -2.17. The number of nitrogens with one attached hydrogen (secondary N) is 1. The molecular weight excluding hydrogens is 314 g/mol. The van der Waals surface area contributed by atoms with Gasteiger partial charge in [-0.15, -0.1) is 0 Å². The molecular formula is C14H20ClNO4S. The minimum Gasteiger partial charge on any atom is -0.469 e. The highest BCUT2D eigenvalue weighted by Crippen LogP contribution is 2.16. The van der Waals surface area contributed by atoms with E-state index in [2.05, 4.69) is 4.72 Å². The van der Waals surface area contributed by atoms with Crippen molar-refractivity contribution in [3.8, 4) is 0 Å². The van der Waals surface area contributed by atoms with Gasteiger partial charge in [-0.25, -0.2) is 13.1 Å². The fourth-order valence-corrected chi connectivity index (χ4v) is 3.11. The van der Waals surface area contributed by atoms with Gasteiger partial charge < -0.3 is 4.74 Å². The van der Waals surface area contributed by atoms with Crippen LogP contribution in [0.5, 0.6) is 0 Å². The lowest BCUT2D eigenvalue weighted by atomic mass is 9.97. The van der Waals surface area contributed by atoms with Gasteiger partial charge >= 0.3 is 5.97 Å². The van der Waals surface area contributed by atoms with Gasteiger partial charge in [0.25, 0.3) is 0 Å². The molecule has 0 saturated carbocycles. The smallest absolute Gasteiger partial charge is 0.309 e. The van der Waals surface area contributed by atoms with Crippen molar-refractivity contribution in [3.63, 3.8) is 0 Å². The third kappa shape index (κ3) is 5.65. The fraction of sp³-hybridized carbons (Fsp3) is 0.500. The van der Waals surface area contributed by atoms with Crippen LogP contribution in [0.1, 0.15) is 20.3 Å². The Balaban J connectivity index is 2.78. The van der Waals surface area contributed by atoms with E-state index in [1.807, 2.05) is 13.8 Å². The lowest BCUT2D eigenvalue weighted by molar-refractivity contribution is -0.145. The minimum atomic E-state index is -3.67. The van der Waals surface area contributed by atoms with Crippen LogP contribution in [0.2, 0.25) is 5.02 Å². The van der Waals surface area contributed by atoms with E-state index in [0.717, 1.165) is 0 Å². The van der Waals surface area contributed by atoms with E-state index in [1.54, 1.807) is 0 Å². The zero-order chi connectivity index (χ0) is 16.0. The van der Waals surface area contributed by atoms with Crippen LogP contribution in [0.25, 0.3) is 0 Å². The maximum Gasteiger partial charge on any atom is 0.309 e. The summed E-state index contributed by atoms with van der Waals surface area (Å²) >= 11 is 5.73. The Hall–Kier alpha value is -1.11. The molecule has 1 N–H and O–H groups in total. The predicted molar refractivity (Wildman–Crippen MR) is 81.6 cm³/mol. The third-order valence-corrected chi connectivity index (χ3v) is 4.63. The summed E-state index contributed by atoms with van der Waals surface area (Å²) < 4.78 is 31.4. The molecule has 0 amide bonds. The maximum atomic E-state index is 12.1. The van der Waals surface area contributed by atoms with Crippen LogP contribution < -0.4 is 4.72 Å². The molecule has 0 aliphatic heterocycles. The monoisotopic (exact) mass is 333 g/mol. The van der Waals surface area contributed by atoms with Gasteiger partial charge in [-0.2, -0.15) is 0 Å². The van der Waals surface area contributed by atoms with Gasteiger partial charge in [-0.05, 0) is 36.6 Å². The van der Waals surface area contributed by atoms with Crippen molar-refractivity contribution in [2.75, 3.05) is 13.7 Å². The van der Waals surface area contributed by atoms with Gasteiger partial charge in [0, 0.05) is 11.6 Å². The van der Waals surface area contributed by atoms with Gasteiger partial charge in [0.05, 0.1) is 17.9 Å². The Labute approximate surface area is 130 Å². The molecule has 21 heavy (non-hydrogen) atoms. The van der Waals surface area contributed by atoms with Gasteiger partial charge in [0.15, 0.2) is 0 Å². The summed E-state index contributed by atoms with van der Waals surface area (Å²) in [5.74, 6) is -0.659. The van der Waals surface area contributed by atoms with Crippen molar-refractivity contribution in [1.29, 1.82) is 0 Å². The van der Waals surface area contributed by atoms with Crippen LogP contribution in [0.4, 0.5) is 0 Å². The normalized spacial score (nSPS) is 13.2. The highest BCUT2D eigenvalue weighted by atomic mass is 35.5. The van der Waals surface area contributed by atoms with E-state index in [4.69, 9.17) is 16.3 Å². The van der Waals surface area contributed by atoms with E-state index >= 15 is 0 Å². The van der Waals surface area contributed by atoms with E-state index in [1.165, 1.54) is 31.4 Å². The fourth-order valence-electron chi connectivity index (χ4n) is 1.91. The third-order valence-electron chi connectivity index (χ3n) is 2.93. The maximum absolute atomic E-state index is 12.1. The molecule has 1 aromatic rings. The topological polar surface area (TPSA) is 72.5 Å². The highest BCUT2D eigenvalue weighted by Gasteiger charge is 2.23. The molecule has 5 nitrogen and oxygen atoms in total. The zero-order valence-electron chi connectivity index (χ0n) is 12.3. The molecule has 1 unspecified atom stereocenters. The van der Waals surface area contributed by atoms with Crippen molar-refractivity contribution in [3.05, 3.63) is 29.3 Å². The Bertz CT molecular complexity index is 569. The second-order valence-corrected chi connectivity index (χ2v) is 7.36. The van der Waals surface area contributed by atoms with E-state index < -0.39 is 21.9 Å². The average Bonchev–Trinajstić information content (AvgIpc) is 2.42. The largest absolute Gasteiger partial charge is 0.469 e. The number of carbonyl (C=O) groups excluding carboxylic acids is 1. The first kappa shape index (κ1) is 17.9. The number of esters is 1. The standard InChI is InChI=1S/C14H20ClNO4S/c1-10(2)8-11(14(17)20-3)9-16-21(18,19)13-6-4-12(15)5-7-13/h4-7,10-11,16H,8-9H2,1-3H3. The molecule has 1 atom stereocenters.